The van der Waals surface area contributed by atoms with E-state index in [2.05, 4.69) is 10.6 Å². The van der Waals surface area contributed by atoms with E-state index in [-0.39, 0.29) is 0 Å². The van der Waals surface area contributed by atoms with Crippen molar-refractivity contribution in [1.29, 1.82) is 0 Å². The SMILES string of the molecule is CN[C@@H](CCO)[C@@H]1CCCNC1. The van der Waals surface area contributed by atoms with Gasteiger partial charge in [0.25, 0.3) is 0 Å². The van der Waals surface area contributed by atoms with Crippen LogP contribution in [-0.4, -0.2) is 37.9 Å². The molecule has 0 spiro atoms. The second-order valence-electron chi connectivity index (χ2n) is 3.51. The minimum Gasteiger partial charge on any atom is -0.396 e. The second kappa shape index (κ2) is 5.51. The highest BCUT2D eigenvalue weighted by atomic mass is 16.3. The Kier molecular flexibility index (Phi) is 4.58. The summed E-state index contributed by atoms with van der Waals surface area (Å²) in [6.45, 7) is 2.56. The molecular weight excluding hydrogens is 152 g/mol. The van der Waals surface area contributed by atoms with Gasteiger partial charge in [0.1, 0.15) is 0 Å². The maximum atomic E-state index is 8.84. The Hall–Kier alpha value is -0.120. The minimum atomic E-state index is 0.294. The van der Waals surface area contributed by atoms with Crippen LogP contribution in [0.2, 0.25) is 0 Å². The minimum absolute atomic E-state index is 0.294. The molecular formula is C9H20N2O. The summed E-state index contributed by atoms with van der Waals surface area (Å²) in [5.74, 6) is 0.705. The lowest BCUT2D eigenvalue weighted by molar-refractivity contribution is 0.220. The first-order valence-electron chi connectivity index (χ1n) is 4.87. The molecule has 3 heteroatoms. The molecule has 12 heavy (non-hydrogen) atoms. The van der Waals surface area contributed by atoms with E-state index < -0.39 is 0 Å². The maximum absolute atomic E-state index is 8.84. The average molecular weight is 172 g/mol. The summed E-state index contributed by atoms with van der Waals surface area (Å²) in [6, 6.07) is 0.489. The zero-order chi connectivity index (χ0) is 8.81. The first kappa shape index (κ1) is 9.96. The number of rotatable bonds is 4. The van der Waals surface area contributed by atoms with Crippen LogP contribution in [0.15, 0.2) is 0 Å². The summed E-state index contributed by atoms with van der Waals surface area (Å²) in [6.07, 6.45) is 3.44. The molecule has 0 aromatic rings. The highest BCUT2D eigenvalue weighted by Gasteiger charge is 2.21. The fourth-order valence-corrected chi connectivity index (χ4v) is 1.98. The zero-order valence-corrected chi connectivity index (χ0v) is 7.84. The number of aliphatic hydroxyl groups excluding tert-OH is 1. The van der Waals surface area contributed by atoms with E-state index in [0.717, 1.165) is 19.5 Å². The Morgan fingerprint density at radius 2 is 2.50 bits per heavy atom. The molecule has 0 amide bonds. The van der Waals surface area contributed by atoms with Crippen LogP contribution in [0, 0.1) is 5.92 Å². The fraction of sp³-hybridized carbons (Fsp3) is 1.00. The van der Waals surface area contributed by atoms with Crippen LogP contribution in [0.4, 0.5) is 0 Å². The molecule has 1 fully saturated rings. The molecule has 0 unspecified atom stereocenters. The fourth-order valence-electron chi connectivity index (χ4n) is 1.98. The molecule has 1 rings (SSSR count). The first-order valence-corrected chi connectivity index (χ1v) is 4.87. The number of hydrogen-bond acceptors (Lipinski definition) is 3. The molecule has 0 saturated carbocycles. The van der Waals surface area contributed by atoms with Gasteiger partial charge >= 0.3 is 0 Å². The number of aliphatic hydroxyl groups is 1. The molecule has 0 aromatic heterocycles. The Balaban J connectivity index is 2.29. The molecule has 1 saturated heterocycles. The Morgan fingerprint density at radius 1 is 1.67 bits per heavy atom. The van der Waals surface area contributed by atoms with Gasteiger partial charge in [-0.05, 0) is 45.3 Å². The molecule has 3 N–H and O–H groups in total. The topological polar surface area (TPSA) is 44.3 Å². The standard InChI is InChI=1S/C9H20N2O/c1-10-9(4-6-12)8-3-2-5-11-7-8/h8-12H,2-7H2,1H3/t8-,9+/m1/s1. The first-order chi connectivity index (χ1) is 5.88. The highest BCUT2D eigenvalue weighted by molar-refractivity contribution is 4.79. The molecule has 2 atom stereocenters. The smallest absolute Gasteiger partial charge is 0.0445 e. The summed E-state index contributed by atoms with van der Waals surface area (Å²) >= 11 is 0. The van der Waals surface area contributed by atoms with Gasteiger partial charge in [-0.2, -0.15) is 0 Å². The zero-order valence-electron chi connectivity index (χ0n) is 7.84. The molecule has 0 radical (unpaired) electrons. The third-order valence-corrected chi connectivity index (χ3v) is 2.71. The van der Waals surface area contributed by atoms with Gasteiger partial charge in [0, 0.05) is 12.6 Å². The van der Waals surface area contributed by atoms with E-state index in [1.54, 1.807) is 0 Å². The van der Waals surface area contributed by atoms with Crippen LogP contribution in [0.3, 0.4) is 0 Å². The predicted molar refractivity (Wildman–Crippen MR) is 50.1 cm³/mol. The van der Waals surface area contributed by atoms with Crippen LogP contribution in [0.25, 0.3) is 0 Å². The van der Waals surface area contributed by atoms with Gasteiger partial charge < -0.3 is 15.7 Å². The largest absolute Gasteiger partial charge is 0.396 e. The van der Waals surface area contributed by atoms with E-state index in [9.17, 15) is 0 Å². The van der Waals surface area contributed by atoms with Gasteiger partial charge in [-0.15, -0.1) is 0 Å². The lowest BCUT2D eigenvalue weighted by Gasteiger charge is -2.30. The van der Waals surface area contributed by atoms with Crippen LogP contribution in [0.1, 0.15) is 19.3 Å². The lowest BCUT2D eigenvalue weighted by Crippen LogP contribution is -2.43. The predicted octanol–water partition coefficient (Wildman–Crippen LogP) is -0.0436. The van der Waals surface area contributed by atoms with Crippen molar-refractivity contribution in [2.75, 3.05) is 26.7 Å². The van der Waals surface area contributed by atoms with Crippen molar-refractivity contribution in [3.8, 4) is 0 Å². The normalized spacial score (nSPS) is 27.0. The summed E-state index contributed by atoms with van der Waals surface area (Å²) in [5, 5.41) is 15.5. The molecule has 0 aliphatic carbocycles. The van der Waals surface area contributed by atoms with Crippen LogP contribution in [0.5, 0.6) is 0 Å². The Labute approximate surface area is 74.5 Å². The average Bonchev–Trinajstić information content (AvgIpc) is 2.15. The van der Waals surface area contributed by atoms with Crippen molar-refractivity contribution < 1.29 is 5.11 Å². The van der Waals surface area contributed by atoms with Crippen molar-refractivity contribution >= 4 is 0 Å². The van der Waals surface area contributed by atoms with E-state index in [1.807, 2.05) is 7.05 Å². The molecule has 1 aliphatic rings. The molecule has 1 aliphatic heterocycles. The quantitative estimate of drug-likeness (QED) is 0.557. The van der Waals surface area contributed by atoms with Crippen molar-refractivity contribution in [2.45, 2.75) is 25.3 Å². The highest BCUT2D eigenvalue weighted by Crippen LogP contribution is 2.16. The molecule has 72 valence electrons. The van der Waals surface area contributed by atoms with Gasteiger partial charge in [-0.1, -0.05) is 0 Å². The molecule has 0 aromatic carbocycles. The van der Waals surface area contributed by atoms with Gasteiger partial charge in [-0.25, -0.2) is 0 Å². The summed E-state index contributed by atoms with van der Waals surface area (Å²) in [5.41, 5.74) is 0. The van der Waals surface area contributed by atoms with E-state index in [0.29, 0.717) is 18.6 Å². The molecule has 1 heterocycles. The van der Waals surface area contributed by atoms with Crippen molar-refractivity contribution in [3.63, 3.8) is 0 Å². The summed E-state index contributed by atoms with van der Waals surface area (Å²) in [7, 11) is 1.98. The Morgan fingerprint density at radius 3 is 3.00 bits per heavy atom. The van der Waals surface area contributed by atoms with Crippen molar-refractivity contribution in [2.24, 2.45) is 5.92 Å². The summed E-state index contributed by atoms with van der Waals surface area (Å²) in [4.78, 5) is 0. The van der Waals surface area contributed by atoms with E-state index >= 15 is 0 Å². The second-order valence-corrected chi connectivity index (χ2v) is 3.51. The van der Waals surface area contributed by atoms with Crippen LogP contribution >= 0.6 is 0 Å². The van der Waals surface area contributed by atoms with E-state index in [4.69, 9.17) is 5.11 Å². The Bertz CT molecular complexity index is 110. The van der Waals surface area contributed by atoms with Gasteiger partial charge in [0.15, 0.2) is 0 Å². The molecule has 3 nitrogen and oxygen atoms in total. The number of nitrogens with one attached hydrogen (secondary N) is 2. The van der Waals surface area contributed by atoms with Gasteiger partial charge in [-0.3, -0.25) is 0 Å². The van der Waals surface area contributed by atoms with Gasteiger partial charge in [0.2, 0.25) is 0 Å². The molecule has 0 bridgehead atoms. The monoisotopic (exact) mass is 172 g/mol. The maximum Gasteiger partial charge on any atom is 0.0445 e. The lowest BCUT2D eigenvalue weighted by atomic mass is 9.90. The van der Waals surface area contributed by atoms with E-state index in [1.165, 1.54) is 12.8 Å². The van der Waals surface area contributed by atoms with Crippen molar-refractivity contribution in [1.82, 2.24) is 10.6 Å². The van der Waals surface area contributed by atoms with Crippen LogP contribution < -0.4 is 10.6 Å². The van der Waals surface area contributed by atoms with Crippen molar-refractivity contribution in [3.05, 3.63) is 0 Å². The third-order valence-electron chi connectivity index (χ3n) is 2.71. The number of piperidine rings is 1. The van der Waals surface area contributed by atoms with Crippen LogP contribution in [-0.2, 0) is 0 Å². The van der Waals surface area contributed by atoms with Gasteiger partial charge in [0.05, 0.1) is 0 Å². The third kappa shape index (κ3) is 2.73. The summed E-state index contributed by atoms with van der Waals surface area (Å²) < 4.78 is 0. The number of hydrogen-bond donors (Lipinski definition) is 3.